The van der Waals surface area contributed by atoms with E-state index in [4.69, 9.17) is 4.74 Å². The van der Waals surface area contributed by atoms with E-state index in [1.165, 1.54) is 24.3 Å². The summed E-state index contributed by atoms with van der Waals surface area (Å²) in [4.78, 5) is 36.7. The minimum atomic E-state index is -3.14. The Bertz CT molecular complexity index is 952. The molecule has 30 heavy (non-hydrogen) atoms. The Morgan fingerprint density at radius 1 is 1.20 bits per heavy atom. The first-order valence-corrected chi connectivity index (χ1v) is 11.7. The molecule has 1 aromatic rings. The Kier molecular flexibility index (Phi) is 6.86. The van der Waals surface area contributed by atoms with Gasteiger partial charge in [-0.05, 0) is 30.9 Å². The number of carbonyl (C=O) groups is 2. The number of sulfone groups is 1. The van der Waals surface area contributed by atoms with Crippen molar-refractivity contribution in [3.8, 4) is 0 Å². The van der Waals surface area contributed by atoms with Gasteiger partial charge >= 0.3 is 5.97 Å². The average molecular weight is 436 g/mol. The number of esters is 1. The first-order valence-electron chi connectivity index (χ1n) is 9.86. The van der Waals surface area contributed by atoms with Crippen LogP contribution < -0.4 is 0 Å². The molecule has 0 N–H and O–H groups in total. The Labute approximate surface area is 174 Å². The number of ether oxygens (including phenoxy) is 1. The summed E-state index contributed by atoms with van der Waals surface area (Å²) < 4.78 is 28.8. The second-order valence-corrected chi connectivity index (χ2v) is 9.82. The maximum absolute atomic E-state index is 12.8. The molecular formula is C20H24N2O7S. The number of nitro groups is 1. The molecule has 0 aromatic heterocycles. The van der Waals surface area contributed by atoms with Crippen LogP contribution in [0, 0.1) is 10.1 Å². The molecule has 0 spiro atoms. The highest BCUT2D eigenvalue weighted by Crippen LogP contribution is 2.29. The van der Waals surface area contributed by atoms with Gasteiger partial charge in [-0.1, -0.05) is 25.0 Å². The third kappa shape index (κ3) is 5.65. The van der Waals surface area contributed by atoms with Gasteiger partial charge in [-0.3, -0.25) is 14.9 Å². The van der Waals surface area contributed by atoms with E-state index in [2.05, 4.69) is 0 Å². The lowest BCUT2D eigenvalue weighted by atomic mass is 10.1. The van der Waals surface area contributed by atoms with Crippen molar-refractivity contribution in [1.82, 2.24) is 4.90 Å². The van der Waals surface area contributed by atoms with Crippen molar-refractivity contribution in [2.75, 3.05) is 18.1 Å². The van der Waals surface area contributed by atoms with Gasteiger partial charge in [0.25, 0.3) is 11.6 Å². The van der Waals surface area contributed by atoms with Crippen molar-refractivity contribution in [3.05, 3.63) is 46.0 Å². The molecule has 1 unspecified atom stereocenters. The Morgan fingerprint density at radius 3 is 2.57 bits per heavy atom. The first kappa shape index (κ1) is 21.9. The fourth-order valence-electron chi connectivity index (χ4n) is 4.04. The third-order valence-corrected chi connectivity index (χ3v) is 7.19. The van der Waals surface area contributed by atoms with Crippen LogP contribution in [0.15, 0.2) is 30.3 Å². The SMILES string of the molecule is O=C(/C=C/c1cccc([N+](=O)[O-])c1)OCC(=O)N(C1CCCC1)C1CCS(=O)(=O)C1. The number of rotatable bonds is 7. The largest absolute Gasteiger partial charge is 0.452 e. The van der Waals surface area contributed by atoms with Gasteiger partial charge in [-0.25, -0.2) is 13.2 Å². The Balaban J connectivity index is 1.60. The normalized spacial score (nSPS) is 21.0. The van der Waals surface area contributed by atoms with Crippen LogP contribution in [0.1, 0.15) is 37.7 Å². The molecule has 162 valence electrons. The average Bonchev–Trinajstić information content (AvgIpc) is 3.35. The van der Waals surface area contributed by atoms with Crippen LogP contribution in [0.4, 0.5) is 5.69 Å². The summed E-state index contributed by atoms with van der Waals surface area (Å²) in [5, 5.41) is 10.8. The van der Waals surface area contributed by atoms with E-state index in [1.807, 2.05) is 0 Å². The van der Waals surface area contributed by atoms with Gasteiger partial charge in [0, 0.05) is 30.3 Å². The predicted octanol–water partition coefficient (Wildman–Crippen LogP) is 2.11. The molecule has 2 fully saturated rings. The molecule has 1 aromatic carbocycles. The molecule has 1 saturated heterocycles. The van der Waals surface area contributed by atoms with Gasteiger partial charge in [0.2, 0.25) is 0 Å². The number of hydrogen-bond donors (Lipinski definition) is 0. The zero-order valence-electron chi connectivity index (χ0n) is 16.4. The Hall–Kier alpha value is -2.75. The minimum Gasteiger partial charge on any atom is -0.452 e. The molecule has 10 heteroatoms. The molecule has 0 radical (unpaired) electrons. The zero-order valence-corrected chi connectivity index (χ0v) is 17.3. The van der Waals surface area contributed by atoms with Gasteiger partial charge in [-0.2, -0.15) is 0 Å². The van der Waals surface area contributed by atoms with Crippen molar-refractivity contribution in [3.63, 3.8) is 0 Å². The van der Waals surface area contributed by atoms with Gasteiger partial charge in [0.05, 0.1) is 16.4 Å². The standard InChI is InChI=1S/C20H24N2O7S/c23-19(21(16-5-1-2-6-16)18-10-11-30(27,28)14-18)13-29-20(24)9-8-15-4-3-7-17(12-15)22(25)26/h3-4,7-9,12,16,18H,1-2,5-6,10-11,13-14H2/b9-8+. The van der Waals surface area contributed by atoms with Crippen LogP contribution in [0.2, 0.25) is 0 Å². The molecule has 9 nitrogen and oxygen atoms in total. The van der Waals surface area contributed by atoms with Gasteiger partial charge < -0.3 is 9.64 Å². The highest BCUT2D eigenvalue weighted by Gasteiger charge is 2.39. The van der Waals surface area contributed by atoms with Crippen LogP contribution >= 0.6 is 0 Å². The topological polar surface area (TPSA) is 124 Å². The fraction of sp³-hybridized carbons (Fsp3) is 0.500. The van der Waals surface area contributed by atoms with E-state index >= 15 is 0 Å². The van der Waals surface area contributed by atoms with Crippen LogP contribution in [0.5, 0.6) is 0 Å². The summed E-state index contributed by atoms with van der Waals surface area (Å²) in [6, 6.07) is 5.37. The van der Waals surface area contributed by atoms with E-state index in [0.29, 0.717) is 12.0 Å². The predicted molar refractivity (Wildman–Crippen MR) is 109 cm³/mol. The first-order chi connectivity index (χ1) is 14.2. The number of hydrogen-bond acceptors (Lipinski definition) is 7. The molecule has 1 amide bonds. The molecule has 1 aliphatic carbocycles. The molecule has 0 bridgehead atoms. The van der Waals surface area contributed by atoms with E-state index in [-0.39, 0.29) is 35.2 Å². The molecular weight excluding hydrogens is 412 g/mol. The van der Waals surface area contributed by atoms with Crippen molar-refractivity contribution in [2.24, 2.45) is 0 Å². The second-order valence-electron chi connectivity index (χ2n) is 7.59. The monoisotopic (exact) mass is 436 g/mol. The number of non-ortho nitro benzene ring substituents is 1. The highest BCUT2D eigenvalue weighted by molar-refractivity contribution is 7.91. The van der Waals surface area contributed by atoms with Gasteiger partial charge in [0.15, 0.2) is 16.4 Å². The van der Waals surface area contributed by atoms with Crippen LogP contribution in [-0.4, -0.2) is 60.3 Å². The second kappa shape index (κ2) is 9.38. The fourth-order valence-corrected chi connectivity index (χ4v) is 5.76. The van der Waals surface area contributed by atoms with E-state index < -0.39 is 27.3 Å². The van der Waals surface area contributed by atoms with Crippen LogP contribution in [0.3, 0.4) is 0 Å². The molecule has 3 rings (SSSR count). The number of nitro benzene ring substituents is 1. The van der Waals surface area contributed by atoms with Crippen molar-refractivity contribution in [2.45, 2.75) is 44.2 Å². The number of amides is 1. The van der Waals surface area contributed by atoms with Gasteiger partial charge in [0.1, 0.15) is 0 Å². The quantitative estimate of drug-likeness (QED) is 0.277. The summed E-state index contributed by atoms with van der Waals surface area (Å²) >= 11 is 0. The van der Waals surface area contributed by atoms with Crippen LogP contribution in [0.25, 0.3) is 6.08 Å². The van der Waals surface area contributed by atoms with Gasteiger partial charge in [-0.15, -0.1) is 0 Å². The van der Waals surface area contributed by atoms with E-state index in [9.17, 15) is 28.1 Å². The summed E-state index contributed by atoms with van der Waals surface area (Å²) in [7, 11) is -3.14. The van der Waals surface area contributed by atoms with Crippen molar-refractivity contribution >= 4 is 33.5 Å². The summed E-state index contributed by atoms with van der Waals surface area (Å²) in [5.74, 6) is -1.11. The third-order valence-electron chi connectivity index (χ3n) is 5.44. The molecule has 1 atom stereocenters. The maximum atomic E-state index is 12.8. The Morgan fingerprint density at radius 2 is 1.93 bits per heavy atom. The van der Waals surface area contributed by atoms with E-state index in [0.717, 1.165) is 31.8 Å². The lowest BCUT2D eigenvalue weighted by Gasteiger charge is -2.33. The zero-order chi connectivity index (χ0) is 21.7. The minimum absolute atomic E-state index is 0.0186. The number of benzene rings is 1. The number of carbonyl (C=O) groups excluding carboxylic acids is 2. The maximum Gasteiger partial charge on any atom is 0.331 e. The lowest BCUT2D eigenvalue weighted by Crippen LogP contribution is -2.48. The number of nitrogens with zero attached hydrogens (tertiary/aromatic N) is 2. The van der Waals surface area contributed by atoms with Crippen molar-refractivity contribution in [1.29, 1.82) is 0 Å². The molecule has 2 aliphatic rings. The van der Waals surface area contributed by atoms with Crippen molar-refractivity contribution < 1.29 is 27.7 Å². The molecule has 1 heterocycles. The summed E-state index contributed by atoms with van der Waals surface area (Å²) in [6.07, 6.45) is 6.50. The molecule has 1 aliphatic heterocycles. The highest BCUT2D eigenvalue weighted by atomic mass is 32.2. The van der Waals surface area contributed by atoms with E-state index in [1.54, 1.807) is 11.0 Å². The van der Waals surface area contributed by atoms with Crippen LogP contribution in [-0.2, 0) is 24.2 Å². The summed E-state index contributed by atoms with van der Waals surface area (Å²) in [6.45, 7) is -0.467. The lowest BCUT2D eigenvalue weighted by molar-refractivity contribution is -0.384. The smallest absolute Gasteiger partial charge is 0.331 e. The summed E-state index contributed by atoms with van der Waals surface area (Å²) in [5.41, 5.74) is 0.357. The molecule has 1 saturated carbocycles.